The molecule has 0 amide bonds. The van der Waals surface area contributed by atoms with E-state index in [9.17, 15) is 27.8 Å². The van der Waals surface area contributed by atoms with Gasteiger partial charge in [0.15, 0.2) is 0 Å². The lowest BCUT2D eigenvalue weighted by molar-refractivity contribution is -0.139. The van der Waals surface area contributed by atoms with Crippen LogP contribution in [0, 0.1) is 12.7 Å². The molecule has 0 fully saturated rings. The van der Waals surface area contributed by atoms with E-state index in [0.29, 0.717) is 39.4 Å². The summed E-state index contributed by atoms with van der Waals surface area (Å²) in [5.41, 5.74) is 1.57. The first-order valence-electron chi connectivity index (χ1n) is 9.87. The molecule has 0 aliphatic carbocycles. The molecule has 1 aromatic heterocycles. The molecule has 2 N–H and O–H groups in total. The molecule has 4 rings (SSSR count). The fourth-order valence-electron chi connectivity index (χ4n) is 3.58. The van der Waals surface area contributed by atoms with Gasteiger partial charge in [-0.2, -0.15) is 18.2 Å². The maximum Gasteiger partial charge on any atom is 0.419 e. The van der Waals surface area contributed by atoms with Gasteiger partial charge in [-0.3, -0.25) is 0 Å². The molecule has 1 heterocycles. The van der Waals surface area contributed by atoms with Crippen molar-refractivity contribution in [2.75, 3.05) is 0 Å². The van der Waals surface area contributed by atoms with Crippen LogP contribution < -0.4 is 0 Å². The topological polar surface area (TPSA) is 79.4 Å². The van der Waals surface area contributed by atoms with Crippen LogP contribution in [0.3, 0.4) is 0 Å². The van der Waals surface area contributed by atoms with Crippen molar-refractivity contribution in [3.63, 3.8) is 0 Å². The highest BCUT2D eigenvalue weighted by Crippen LogP contribution is 2.37. The Morgan fingerprint density at radius 2 is 1.61 bits per heavy atom. The molecule has 0 aliphatic heterocycles. The molecule has 0 radical (unpaired) electrons. The van der Waals surface area contributed by atoms with E-state index in [1.165, 1.54) is 18.2 Å². The molecule has 9 heteroatoms. The van der Waals surface area contributed by atoms with Gasteiger partial charge in [-0.15, -0.1) is 0 Å². The lowest BCUT2D eigenvalue weighted by Crippen LogP contribution is -2.08. The molecular weight excluding hydrogens is 440 g/mol. The number of halogens is 4. The molecule has 5 nitrogen and oxygen atoms in total. The fraction of sp³-hybridized carbons (Fsp3) is 0.167. The minimum absolute atomic E-state index is 0.152. The van der Waals surface area contributed by atoms with Gasteiger partial charge in [0.05, 0.1) is 18.8 Å². The molecule has 3 aromatic carbocycles. The SMILES string of the molecule is Cc1cc(-c2nc(-c3ccc(CO)c(CO)c3)no2)ccc1-c1cccc(C(F)(F)F)c1F. The molecule has 170 valence electrons. The lowest BCUT2D eigenvalue weighted by atomic mass is 9.96. The zero-order chi connectivity index (χ0) is 23.8. The first-order valence-corrected chi connectivity index (χ1v) is 9.87. The quantitative estimate of drug-likeness (QED) is 0.385. The van der Waals surface area contributed by atoms with Gasteiger partial charge in [-0.25, -0.2) is 4.39 Å². The van der Waals surface area contributed by atoms with E-state index in [0.717, 1.165) is 0 Å². The van der Waals surface area contributed by atoms with E-state index in [4.69, 9.17) is 4.52 Å². The van der Waals surface area contributed by atoms with E-state index in [2.05, 4.69) is 10.1 Å². The maximum absolute atomic E-state index is 14.6. The van der Waals surface area contributed by atoms with Crippen molar-refractivity contribution in [2.24, 2.45) is 0 Å². The Labute approximate surface area is 185 Å². The van der Waals surface area contributed by atoms with E-state index in [1.54, 1.807) is 37.3 Å². The summed E-state index contributed by atoms with van der Waals surface area (Å²) >= 11 is 0. The highest BCUT2D eigenvalue weighted by molar-refractivity contribution is 5.72. The monoisotopic (exact) mass is 458 g/mol. The first kappa shape index (κ1) is 22.6. The molecule has 4 aromatic rings. The van der Waals surface area contributed by atoms with Crippen molar-refractivity contribution in [2.45, 2.75) is 26.3 Å². The zero-order valence-electron chi connectivity index (χ0n) is 17.3. The predicted molar refractivity (Wildman–Crippen MR) is 112 cm³/mol. The van der Waals surface area contributed by atoms with Gasteiger partial charge in [0.1, 0.15) is 5.82 Å². The van der Waals surface area contributed by atoms with Crippen LogP contribution in [0.4, 0.5) is 17.6 Å². The number of aryl methyl sites for hydroxylation is 1. The number of hydrogen-bond donors (Lipinski definition) is 2. The molecular formula is C24H18F4N2O3. The largest absolute Gasteiger partial charge is 0.419 e. The predicted octanol–water partition coefficient (Wildman–Crippen LogP) is 5.52. The summed E-state index contributed by atoms with van der Waals surface area (Å²) in [5, 5.41) is 22.7. The average molecular weight is 458 g/mol. The smallest absolute Gasteiger partial charge is 0.392 e. The number of rotatable bonds is 5. The van der Waals surface area contributed by atoms with Crippen LogP contribution in [0.5, 0.6) is 0 Å². The Morgan fingerprint density at radius 3 is 2.27 bits per heavy atom. The number of aromatic nitrogens is 2. The molecule has 33 heavy (non-hydrogen) atoms. The molecule has 0 saturated heterocycles. The third kappa shape index (κ3) is 4.37. The van der Waals surface area contributed by atoms with Crippen LogP contribution in [-0.2, 0) is 19.4 Å². The van der Waals surface area contributed by atoms with Gasteiger partial charge >= 0.3 is 6.18 Å². The number of aliphatic hydroxyl groups is 2. The minimum Gasteiger partial charge on any atom is -0.392 e. The van der Waals surface area contributed by atoms with E-state index in [-0.39, 0.29) is 30.5 Å². The van der Waals surface area contributed by atoms with Crippen LogP contribution in [0.1, 0.15) is 22.3 Å². The summed E-state index contributed by atoms with van der Waals surface area (Å²) in [4.78, 5) is 4.34. The van der Waals surface area contributed by atoms with Crippen molar-refractivity contribution >= 4 is 0 Å². The fourth-order valence-corrected chi connectivity index (χ4v) is 3.58. The highest BCUT2D eigenvalue weighted by atomic mass is 19.4. The Kier molecular flexibility index (Phi) is 6.01. The number of benzene rings is 3. The second-order valence-corrected chi connectivity index (χ2v) is 7.42. The van der Waals surface area contributed by atoms with Crippen molar-refractivity contribution in [1.29, 1.82) is 0 Å². The minimum atomic E-state index is -4.79. The van der Waals surface area contributed by atoms with Gasteiger partial charge in [0.2, 0.25) is 5.82 Å². The molecule has 0 saturated carbocycles. The zero-order valence-corrected chi connectivity index (χ0v) is 17.3. The Bertz CT molecular complexity index is 1320. The van der Waals surface area contributed by atoms with E-state index < -0.39 is 17.6 Å². The lowest BCUT2D eigenvalue weighted by Gasteiger charge is -2.13. The standard InChI is InChI=1S/C24H18F4N2O3/c1-13-9-15(7-8-18(13)19-3-2-4-20(21(19)25)24(26,27)28)23-29-22(30-33-23)14-5-6-16(11-31)17(10-14)12-32/h2-10,31-32H,11-12H2,1H3. The molecule has 0 aliphatic rings. The second-order valence-electron chi connectivity index (χ2n) is 7.42. The highest BCUT2D eigenvalue weighted by Gasteiger charge is 2.35. The number of nitrogens with zero attached hydrogens (tertiary/aromatic N) is 2. The molecule has 0 atom stereocenters. The van der Waals surface area contributed by atoms with Crippen LogP contribution in [0.15, 0.2) is 59.1 Å². The number of aliphatic hydroxyl groups excluding tert-OH is 2. The Hall–Kier alpha value is -3.56. The van der Waals surface area contributed by atoms with Crippen LogP contribution in [0.2, 0.25) is 0 Å². The van der Waals surface area contributed by atoms with Crippen molar-refractivity contribution in [1.82, 2.24) is 10.1 Å². The van der Waals surface area contributed by atoms with Crippen molar-refractivity contribution < 1.29 is 32.3 Å². The van der Waals surface area contributed by atoms with Gasteiger partial charge in [-0.05, 0) is 53.4 Å². The molecule has 0 bridgehead atoms. The summed E-state index contributed by atoms with van der Waals surface area (Å²) in [6.45, 7) is 1.17. The van der Waals surface area contributed by atoms with Crippen LogP contribution in [-0.4, -0.2) is 20.4 Å². The van der Waals surface area contributed by atoms with Crippen LogP contribution in [0.25, 0.3) is 34.0 Å². The summed E-state index contributed by atoms with van der Waals surface area (Å²) in [7, 11) is 0. The van der Waals surface area contributed by atoms with Gasteiger partial charge in [0, 0.05) is 16.7 Å². The average Bonchev–Trinajstić information content (AvgIpc) is 3.28. The van der Waals surface area contributed by atoms with Crippen molar-refractivity contribution in [3.8, 4) is 34.0 Å². The molecule has 0 unspecified atom stereocenters. The molecule has 0 spiro atoms. The van der Waals surface area contributed by atoms with E-state index in [1.807, 2.05) is 0 Å². The van der Waals surface area contributed by atoms with Crippen molar-refractivity contribution in [3.05, 3.63) is 82.7 Å². The normalized spacial score (nSPS) is 11.7. The maximum atomic E-state index is 14.6. The van der Waals surface area contributed by atoms with Crippen LogP contribution >= 0.6 is 0 Å². The number of hydrogen-bond acceptors (Lipinski definition) is 5. The Morgan fingerprint density at radius 1 is 0.879 bits per heavy atom. The van der Waals surface area contributed by atoms with Gasteiger partial charge in [0.25, 0.3) is 5.89 Å². The second kappa shape index (κ2) is 8.76. The van der Waals surface area contributed by atoms with Gasteiger partial charge in [-0.1, -0.05) is 35.5 Å². The number of alkyl halides is 3. The first-order chi connectivity index (χ1) is 15.7. The third-order valence-corrected chi connectivity index (χ3v) is 5.30. The summed E-state index contributed by atoms with van der Waals surface area (Å²) < 4.78 is 59.1. The summed E-state index contributed by atoms with van der Waals surface area (Å²) in [6.07, 6.45) is -4.79. The Balaban J connectivity index is 1.68. The summed E-state index contributed by atoms with van der Waals surface area (Å²) in [5.74, 6) is -0.900. The van der Waals surface area contributed by atoms with E-state index >= 15 is 0 Å². The summed E-state index contributed by atoms with van der Waals surface area (Å²) in [6, 6.07) is 12.8. The third-order valence-electron chi connectivity index (χ3n) is 5.30. The van der Waals surface area contributed by atoms with Gasteiger partial charge < -0.3 is 14.7 Å².